The van der Waals surface area contributed by atoms with E-state index in [-0.39, 0.29) is 28.4 Å². The molecule has 0 radical (unpaired) electrons. The van der Waals surface area contributed by atoms with Crippen LogP contribution in [-0.4, -0.2) is 38.9 Å². The van der Waals surface area contributed by atoms with Crippen LogP contribution in [0, 0.1) is 11.8 Å². The van der Waals surface area contributed by atoms with E-state index in [9.17, 15) is 14.4 Å². The van der Waals surface area contributed by atoms with Crippen molar-refractivity contribution in [3.05, 3.63) is 98.5 Å². The largest absolute Gasteiger partial charge is 0.283 e. The number of hydrogen-bond acceptors (Lipinski definition) is 5. The minimum Gasteiger partial charge on any atom is -0.283 e. The summed E-state index contributed by atoms with van der Waals surface area (Å²) in [6.07, 6.45) is 1.66. The topological polar surface area (TPSA) is 75.5 Å². The maximum absolute atomic E-state index is 14.5. The number of nitrogens with zero attached hydrogens (tertiary/aromatic N) is 4. The van der Waals surface area contributed by atoms with Gasteiger partial charge in [-0.3, -0.25) is 23.9 Å². The molecule has 1 aromatic heterocycles. The number of benzene rings is 3. The molecule has 7 nitrogen and oxygen atoms in total. The molecule has 4 aliphatic heterocycles. The molecule has 38 heavy (non-hydrogen) atoms. The third kappa shape index (κ3) is 2.50. The molecule has 4 atom stereocenters. The Balaban J connectivity index is 1.45. The van der Waals surface area contributed by atoms with E-state index in [0.29, 0.717) is 39.7 Å². The highest BCUT2D eigenvalue weighted by Gasteiger charge is 2.73. The molecule has 0 N–H and O–H groups in total. The fraction of sp³-hybridized carbons (Fsp3) is 0.241. The van der Waals surface area contributed by atoms with Crippen molar-refractivity contribution in [2.75, 3.05) is 11.4 Å². The molecule has 4 aliphatic rings. The first-order valence-electron chi connectivity index (χ1n) is 12.7. The third-order valence-electron chi connectivity index (χ3n) is 8.79. The molecule has 0 saturated carbocycles. The van der Waals surface area contributed by atoms with Crippen LogP contribution >= 0.6 is 23.2 Å². The molecule has 0 aliphatic carbocycles. The van der Waals surface area contributed by atoms with Crippen LogP contribution in [0.5, 0.6) is 0 Å². The van der Waals surface area contributed by atoms with Gasteiger partial charge in [0, 0.05) is 16.6 Å². The Labute approximate surface area is 227 Å². The van der Waals surface area contributed by atoms with Crippen molar-refractivity contribution in [1.29, 1.82) is 0 Å². The highest BCUT2D eigenvalue weighted by molar-refractivity contribution is 6.38. The monoisotopic (exact) mass is 542 g/mol. The molecular formula is C29H20Cl2N4O3. The first kappa shape index (κ1) is 22.5. The van der Waals surface area contributed by atoms with Crippen LogP contribution in [0.1, 0.15) is 24.2 Å². The van der Waals surface area contributed by atoms with Crippen molar-refractivity contribution in [3.8, 4) is 5.69 Å². The highest BCUT2D eigenvalue weighted by Crippen LogP contribution is 2.62. The normalized spacial score (nSPS) is 27.3. The number of halogens is 2. The van der Waals surface area contributed by atoms with E-state index in [0.717, 1.165) is 18.4 Å². The Morgan fingerprint density at radius 2 is 1.68 bits per heavy atom. The maximum Gasteiger partial charge on any atom is 0.266 e. The summed E-state index contributed by atoms with van der Waals surface area (Å²) in [5, 5.41) is 1.17. The van der Waals surface area contributed by atoms with Gasteiger partial charge < -0.3 is 0 Å². The molecule has 2 amide bonds. The Morgan fingerprint density at radius 3 is 2.55 bits per heavy atom. The molecule has 5 heterocycles. The molecule has 3 saturated heterocycles. The zero-order valence-electron chi connectivity index (χ0n) is 20.0. The van der Waals surface area contributed by atoms with Crippen LogP contribution in [0.2, 0.25) is 10.0 Å². The van der Waals surface area contributed by atoms with Gasteiger partial charge in [0.25, 0.3) is 5.56 Å². The lowest BCUT2D eigenvalue weighted by atomic mass is 9.75. The number of fused-ring (bicyclic) bond motifs is 11. The smallest absolute Gasteiger partial charge is 0.266 e. The van der Waals surface area contributed by atoms with Crippen molar-refractivity contribution >= 4 is 51.6 Å². The Morgan fingerprint density at radius 1 is 0.895 bits per heavy atom. The summed E-state index contributed by atoms with van der Waals surface area (Å²) in [6, 6.07) is 19.6. The van der Waals surface area contributed by atoms with Crippen LogP contribution < -0.4 is 10.5 Å². The summed E-state index contributed by atoms with van der Waals surface area (Å²) in [7, 11) is 0. The quantitative estimate of drug-likeness (QED) is 0.330. The molecule has 4 aromatic rings. The van der Waals surface area contributed by atoms with E-state index in [4.69, 9.17) is 28.2 Å². The second-order valence-electron chi connectivity index (χ2n) is 10.4. The van der Waals surface area contributed by atoms with Gasteiger partial charge in [-0.15, -0.1) is 0 Å². The maximum atomic E-state index is 14.5. The molecular weight excluding hydrogens is 523 g/mol. The van der Waals surface area contributed by atoms with Gasteiger partial charge in [-0.05, 0) is 55.8 Å². The zero-order chi connectivity index (χ0) is 25.9. The van der Waals surface area contributed by atoms with Gasteiger partial charge in [0.05, 0.1) is 39.1 Å². The van der Waals surface area contributed by atoms with Crippen LogP contribution in [0.3, 0.4) is 0 Å². The molecule has 3 fully saturated rings. The zero-order valence-corrected chi connectivity index (χ0v) is 21.5. The van der Waals surface area contributed by atoms with Crippen molar-refractivity contribution in [3.63, 3.8) is 0 Å². The molecule has 0 unspecified atom stereocenters. The summed E-state index contributed by atoms with van der Waals surface area (Å²) in [5.41, 5.74) is 1.16. The van der Waals surface area contributed by atoms with Gasteiger partial charge in [0.15, 0.2) is 0 Å². The predicted molar refractivity (Wildman–Crippen MR) is 144 cm³/mol. The van der Waals surface area contributed by atoms with E-state index in [1.807, 2.05) is 42.5 Å². The SMILES string of the molecule is O=C1[C@H]2[C@H]3CCCN3[C@@]3(c4ccccc4-n4c3nc3ccccc3c4=O)[C@H]2C(=O)N1c1cc(Cl)ccc1Cl. The number of carbonyl (C=O) groups is 2. The van der Waals surface area contributed by atoms with E-state index in [1.54, 1.807) is 28.8 Å². The van der Waals surface area contributed by atoms with Gasteiger partial charge in [-0.2, -0.15) is 0 Å². The summed E-state index contributed by atoms with van der Waals surface area (Å²) in [4.78, 5) is 51.1. The summed E-state index contributed by atoms with van der Waals surface area (Å²) < 4.78 is 1.65. The average Bonchev–Trinajstić information content (AvgIpc) is 3.63. The third-order valence-corrected chi connectivity index (χ3v) is 9.34. The van der Waals surface area contributed by atoms with E-state index >= 15 is 0 Å². The van der Waals surface area contributed by atoms with Crippen molar-refractivity contribution in [2.24, 2.45) is 11.8 Å². The number of anilines is 1. The Hall–Kier alpha value is -3.52. The molecule has 188 valence electrons. The lowest BCUT2D eigenvalue weighted by Gasteiger charge is -2.38. The Kier molecular flexibility index (Phi) is 4.45. The highest BCUT2D eigenvalue weighted by atomic mass is 35.5. The van der Waals surface area contributed by atoms with Crippen LogP contribution in [-0.2, 0) is 15.1 Å². The van der Waals surface area contributed by atoms with Gasteiger partial charge in [-0.25, -0.2) is 9.88 Å². The number of rotatable bonds is 1. The second kappa shape index (κ2) is 7.53. The van der Waals surface area contributed by atoms with Crippen molar-refractivity contribution in [1.82, 2.24) is 14.5 Å². The number of carbonyl (C=O) groups excluding carboxylic acids is 2. The van der Waals surface area contributed by atoms with Crippen molar-refractivity contribution in [2.45, 2.75) is 24.4 Å². The molecule has 8 rings (SSSR count). The Bertz CT molecular complexity index is 1800. The second-order valence-corrected chi connectivity index (χ2v) is 11.2. The standard InChI is InChI=1S/C29H20Cl2N4O3/c30-15-11-12-18(31)22(14-15)34-26(37)23-21-10-5-13-33(21)29(24(23)27(34)38)17-7-2-4-9-20(17)35-25(36)16-6-1-3-8-19(16)32-28(29)35/h1-4,6-9,11-12,14,21,23-24H,5,10,13H2/t21-,23+,24-,29+/m1/s1. The molecule has 3 aromatic carbocycles. The van der Waals surface area contributed by atoms with Crippen LogP contribution in [0.15, 0.2) is 71.5 Å². The molecule has 0 bridgehead atoms. The summed E-state index contributed by atoms with van der Waals surface area (Å²) in [5.74, 6) is -1.48. The molecule has 1 spiro atoms. The van der Waals surface area contributed by atoms with Gasteiger partial charge in [-0.1, -0.05) is 53.5 Å². The number of para-hydroxylation sites is 2. The first-order valence-corrected chi connectivity index (χ1v) is 13.4. The van der Waals surface area contributed by atoms with Crippen LogP contribution in [0.4, 0.5) is 5.69 Å². The average molecular weight is 543 g/mol. The minimum atomic E-state index is -1.06. The summed E-state index contributed by atoms with van der Waals surface area (Å²) in [6.45, 7) is 0.702. The van der Waals surface area contributed by atoms with E-state index in [1.165, 1.54) is 4.90 Å². The van der Waals surface area contributed by atoms with Gasteiger partial charge in [0.1, 0.15) is 11.4 Å². The number of hydrogen-bond donors (Lipinski definition) is 0. The lowest BCUT2D eigenvalue weighted by Crippen LogP contribution is -2.51. The number of aromatic nitrogens is 2. The lowest BCUT2D eigenvalue weighted by molar-refractivity contribution is -0.124. The van der Waals surface area contributed by atoms with E-state index in [2.05, 4.69) is 4.90 Å². The number of amides is 2. The molecule has 9 heteroatoms. The van der Waals surface area contributed by atoms with Gasteiger partial charge >= 0.3 is 0 Å². The fourth-order valence-electron chi connectivity index (χ4n) is 7.51. The fourth-order valence-corrected chi connectivity index (χ4v) is 7.88. The predicted octanol–water partition coefficient (Wildman–Crippen LogP) is 4.53. The van der Waals surface area contributed by atoms with Crippen molar-refractivity contribution < 1.29 is 9.59 Å². The first-order chi connectivity index (χ1) is 18.4. The van der Waals surface area contributed by atoms with E-state index < -0.39 is 17.4 Å². The van der Waals surface area contributed by atoms with Crippen LogP contribution in [0.25, 0.3) is 16.6 Å². The minimum absolute atomic E-state index is 0.164. The summed E-state index contributed by atoms with van der Waals surface area (Å²) >= 11 is 12.8. The number of imide groups is 1. The van der Waals surface area contributed by atoms with Gasteiger partial charge in [0.2, 0.25) is 11.8 Å².